The van der Waals surface area contributed by atoms with Crippen molar-refractivity contribution in [3.8, 4) is 5.75 Å². The predicted octanol–water partition coefficient (Wildman–Crippen LogP) is 3.83. The Morgan fingerprint density at radius 3 is 2.19 bits per heavy atom. The molecule has 11 heteroatoms. The van der Waals surface area contributed by atoms with Crippen LogP contribution in [-0.4, -0.2) is 20.4 Å². The molecule has 0 aliphatic heterocycles. The second-order valence-corrected chi connectivity index (χ2v) is 6.77. The van der Waals surface area contributed by atoms with Gasteiger partial charge in [0, 0.05) is 13.1 Å². The van der Waals surface area contributed by atoms with Gasteiger partial charge in [0.1, 0.15) is 5.75 Å². The second-order valence-electron chi connectivity index (χ2n) is 4.83. The summed E-state index contributed by atoms with van der Waals surface area (Å²) in [6.07, 6.45) is -2.63. The van der Waals surface area contributed by atoms with E-state index in [0.717, 1.165) is 35.6 Å². The quantitative estimate of drug-likeness (QED) is 0.426. The molecule has 0 unspecified atom stereocenters. The number of hydrogen-bond donors (Lipinski definition) is 0. The number of rotatable bonds is 6. The average Bonchev–Trinajstić information content (AvgIpc) is 2.61. The molecule has 0 saturated heterocycles. The minimum Gasteiger partial charge on any atom is -0.428 e. The third-order valence-corrected chi connectivity index (χ3v) is 5.09. The van der Waals surface area contributed by atoms with Gasteiger partial charge in [-0.15, -0.1) is 0 Å². The number of sulfonamides is 1. The van der Waals surface area contributed by atoms with E-state index in [-0.39, 0.29) is 11.4 Å². The zero-order chi connectivity index (χ0) is 19.5. The molecular weight excluding hydrogens is 377 g/mol. The van der Waals surface area contributed by atoms with Gasteiger partial charge in [0.2, 0.25) is 0 Å². The Morgan fingerprint density at radius 1 is 1.08 bits per heavy atom. The first-order chi connectivity index (χ1) is 12.1. The van der Waals surface area contributed by atoms with Crippen molar-refractivity contribution >= 4 is 21.4 Å². The summed E-state index contributed by atoms with van der Waals surface area (Å²) in [6.45, 7) is 0. The Morgan fingerprint density at radius 2 is 1.65 bits per heavy atom. The second kappa shape index (κ2) is 7.44. The maximum Gasteiger partial charge on any atom is 0.344 e. The summed E-state index contributed by atoms with van der Waals surface area (Å²) in [5, 5.41) is 11.0. The molecule has 0 bridgehead atoms. The highest BCUT2D eigenvalue weighted by molar-refractivity contribution is 7.93. The fourth-order valence-corrected chi connectivity index (χ4v) is 3.33. The van der Waals surface area contributed by atoms with Crippen LogP contribution in [0.25, 0.3) is 0 Å². The lowest BCUT2D eigenvalue weighted by atomic mass is 10.3. The van der Waals surface area contributed by atoms with Gasteiger partial charge in [0.15, 0.2) is 4.90 Å². The molecule has 0 saturated carbocycles. The van der Waals surface area contributed by atoms with Gasteiger partial charge < -0.3 is 4.74 Å². The first-order valence-corrected chi connectivity index (χ1v) is 8.29. The van der Waals surface area contributed by atoms with Gasteiger partial charge in [-0.05, 0) is 30.3 Å². The van der Waals surface area contributed by atoms with Crippen LogP contribution in [0, 0.1) is 10.1 Å². The van der Waals surface area contributed by atoms with Crippen molar-refractivity contribution in [3.05, 3.63) is 70.7 Å². The SMILES string of the molecule is CN(c1ccc(OC(F)=C(F)F)cc1)S(=O)(=O)c1ccccc1[N+](=O)[O-]. The number of anilines is 1. The molecular formula is C15H11F3N2O5S. The number of hydrogen-bond acceptors (Lipinski definition) is 5. The van der Waals surface area contributed by atoms with Crippen LogP contribution in [0.3, 0.4) is 0 Å². The lowest BCUT2D eigenvalue weighted by Gasteiger charge is -2.19. The molecule has 7 nitrogen and oxygen atoms in total. The molecule has 0 radical (unpaired) electrons. The highest BCUT2D eigenvalue weighted by Gasteiger charge is 2.29. The first-order valence-electron chi connectivity index (χ1n) is 6.85. The number of ether oxygens (including phenoxy) is 1. The topological polar surface area (TPSA) is 89.8 Å². The molecule has 0 aliphatic carbocycles. The Hall–Kier alpha value is -3.08. The molecule has 0 fully saturated rings. The fraction of sp³-hybridized carbons (Fsp3) is 0.0667. The molecule has 0 N–H and O–H groups in total. The van der Waals surface area contributed by atoms with Crippen LogP contribution < -0.4 is 9.04 Å². The van der Waals surface area contributed by atoms with Gasteiger partial charge >= 0.3 is 12.1 Å². The summed E-state index contributed by atoms with van der Waals surface area (Å²) >= 11 is 0. The number of nitro benzene ring substituents is 1. The zero-order valence-corrected chi connectivity index (χ0v) is 13.9. The molecule has 2 rings (SSSR count). The zero-order valence-electron chi connectivity index (χ0n) is 13.1. The molecule has 0 atom stereocenters. The summed E-state index contributed by atoms with van der Waals surface area (Å²) in [6, 6.07) is 7.23. The predicted molar refractivity (Wildman–Crippen MR) is 86.1 cm³/mol. The van der Waals surface area contributed by atoms with Crippen LogP contribution in [0.15, 0.2) is 65.5 Å². The Labute approximate surface area is 146 Å². The van der Waals surface area contributed by atoms with Gasteiger partial charge in [-0.3, -0.25) is 14.4 Å². The Bertz CT molecular complexity index is 958. The summed E-state index contributed by atoms with van der Waals surface area (Å²) in [5.74, 6) is -0.282. The third-order valence-electron chi connectivity index (χ3n) is 3.26. The molecule has 0 aromatic heterocycles. The van der Waals surface area contributed by atoms with Crippen molar-refractivity contribution in [1.29, 1.82) is 0 Å². The van der Waals surface area contributed by atoms with E-state index in [1.54, 1.807) is 0 Å². The third kappa shape index (κ3) is 3.94. The van der Waals surface area contributed by atoms with E-state index < -0.39 is 37.6 Å². The van der Waals surface area contributed by atoms with Crippen LogP contribution in [0.5, 0.6) is 5.75 Å². The van der Waals surface area contributed by atoms with Crippen molar-refractivity contribution < 1.29 is 31.2 Å². The van der Waals surface area contributed by atoms with Crippen LogP contribution in [0.1, 0.15) is 0 Å². The number of halogens is 3. The maximum atomic E-state index is 12.7. The van der Waals surface area contributed by atoms with Crippen LogP contribution in [-0.2, 0) is 10.0 Å². The molecule has 2 aromatic rings. The van der Waals surface area contributed by atoms with Crippen LogP contribution in [0.2, 0.25) is 0 Å². The van der Waals surface area contributed by atoms with Gasteiger partial charge in [-0.25, -0.2) is 8.42 Å². The summed E-state index contributed by atoms with van der Waals surface area (Å²) in [5.41, 5.74) is -0.537. The van der Waals surface area contributed by atoms with E-state index >= 15 is 0 Å². The van der Waals surface area contributed by atoms with Crippen molar-refractivity contribution in [2.45, 2.75) is 4.90 Å². The highest BCUT2D eigenvalue weighted by atomic mass is 32.2. The molecule has 2 aromatic carbocycles. The van der Waals surface area contributed by atoms with Gasteiger partial charge in [0.05, 0.1) is 10.6 Å². The monoisotopic (exact) mass is 388 g/mol. The fourth-order valence-electron chi connectivity index (χ4n) is 1.98. The molecule has 0 spiro atoms. The lowest BCUT2D eigenvalue weighted by Crippen LogP contribution is -2.27. The van der Waals surface area contributed by atoms with Crippen molar-refractivity contribution in [3.63, 3.8) is 0 Å². The largest absolute Gasteiger partial charge is 0.428 e. The van der Waals surface area contributed by atoms with E-state index in [1.807, 2.05) is 0 Å². The summed E-state index contributed by atoms with van der Waals surface area (Å²) in [7, 11) is -3.11. The van der Waals surface area contributed by atoms with E-state index in [1.165, 1.54) is 24.3 Å². The Kier molecular flexibility index (Phi) is 5.50. The van der Waals surface area contributed by atoms with Gasteiger partial charge in [0.25, 0.3) is 15.7 Å². The van der Waals surface area contributed by atoms with E-state index in [2.05, 4.69) is 4.74 Å². The van der Waals surface area contributed by atoms with E-state index in [4.69, 9.17) is 0 Å². The number of benzene rings is 2. The minimum absolute atomic E-state index is 0.0561. The first kappa shape index (κ1) is 19.2. The van der Waals surface area contributed by atoms with Crippen molar-refractivity contribution in [2.24, 2.45) is 0 Å². The standard InChI is InChI=1S/C15H11F3N2O5S/c1-19(10-6-8-11(9-7-10)25-15(18)14(16)17)26(23,24)13-5-3-2-4-12(13)20(21)22/h2-9H,1H3. The van der Waals surface area contributed by atoms with Gasteiger partial charge in [-0.1, -0.05) is 12.1 Å². The average molecular weight is 388 g/mol. The lowest BCUT2D eigenvalue weighted by molar-refractivity contribution is -0.387. The molecule has 0 heterocycles. The van der Waals surface area contributed by atoms with Gasteiger partial charge in [-0.2, -0.15) is 13.2 Å². The maximum absolute atomic E-state index is 12.7. The summed E-state index contributed by atoms with van der Waals surface area (Å²) < 4.78 is 67.0. The van der Waals surface area contributed by atoms with E-state index in [0.29, 0.717) is 0 Å². The van der Waals surface area contributed by atoms with Crippen LogP contribution in [0.4, 0.5) is 24.5 Å². The van der Waals surface area contributed by atoms with E-state index in [9.17, 15) is 31.7 Å². The van der Waals surface area contributed by atoms with Crippen molar-refractivity contribution in [1.82, 2.24) is 0 Å². The molecule has 138 valence electrons. The normalized spacial score (nSPS) is 10.9. The number of nitro groups is 1. The molecule has 0 amide bonds. The summed E-state index contributed by atoms with van der Waals surface area (Å²) in [4.78, 5) is 9.70. The molecule has 26 heavy (non-hydrogen) atoms. The number of para-hydroxylation sites is 1. The highest BCUT2D eigenvalue weighted by Crippen LogP contribution is 2.30. The number of nitrogens with zero attached hydrogens (tertiary/aromatic N) is 2. The minimum atomic E-state index is -4.27. The molecule has 0 aliphatic rings. The smallest absolute Gasteiger partial charge is 0.344 e. The Balaban J connectivity index is 2.35. The van der Waals surface area contributed by atoms with Crippen molar-refractivity contribution in [2.75, 3.05) is 11.4 Å². The van der Waals surface area contributed by atoms with Crippen LogP contribution >= 0.6 is 0 Å².